The quantitative estimate of drug-likeness (QED) is 0.175. The molecule has 0 saturated heterocycles. The van der Waals surface area contributed by atoms with Crippen LogP contribution in [0.4, 0.5) is 11.4 Å². The lowest BCUT2D eigenvalue weighted by Gasteiger charge is -2.29. The van der Waals surface area contributed by atoms with Crippen molar-refractivity contribution in [2.45, 2.75) is 6.92 Å². The second-order valence-electron chi connectivity index (χ2n) is 13.5. The molecule has 7 aromatic carbocycles. The molecule has 0 N–H and O–H groups in total. The van der Waals surface area contributed by atoms with Gasteiger partial charge in [0.05, 0.1) is 28.1 Å². The number of hydrogen-bond acceptors (Lipinski definition) is 2. The number of allylic oxidation sites excluding steroid dienone is 2. The summed E-state index contributed by atoms with van der Waals surface area (Å²) in [7, 11) is 2.28. The van der Waals surface area contributed by atoms with Gasteiger partial charge in [0.25, 0.3) is 0 Å². The Hall–Kier alpha value is -6.65. The van der Waals surface area contributed by atoms with Gasteiger partial charge in [0.1, 0.15) is 0 Å². The van der Waals surface area contributed by atoms with E-state index in [4.69, 9.17) is 4.98 Å². The van der Waals surface area contributed by atoms with Crippen molar-refractivity contribution in [2.24, 2.45) is 0 Å². The minimum absolute atomic E-state index is 0.937. The smallest absolute Gasteiger partial charge is 0.186 e. The number of pyridine rings is 1. The molecule has 3 heterocycles. The van der Waals surface area contributed by atoms with Crippen molar-refractivity contribution in [2.75, 3.05) is 4.90 Å². The number of fused-ring (bicyclic) bond motifs is 7. The summed E-state index contributed by atoms with van der Waals surface area (Å²) in [6, 6.07) is 58.5. The summed E-state index contributed by atoms with van der Waals surface area (Å²) in [4.78, 5) is 7.66. The predicted molar refractivity (Wildman–Crippen MR) is 222 cm³/mol. The van der Waals surface area contributed by atoms with Crippen LogP contribution < -0.4 is 10.4 Å². The third-order valence-electron chi connectivity index (χ3n) is 10.4. The summed E-state index contributed by atoms with van der Waals surface area (Å²) in [5.74, 6) is 2.28. The highest BCUT2D eigenvalue weighted by Crippen LogP contribution is 2.40. The number of benzene rings is 7. The molecule has 0 spiro atoms. The topological polar surface area (TPSA) is 21.1 Å². The highest BCUT2D eigenvalue weighted by molar-refractivity contribution is 6.62. The Balaban J connectivity index is 1.26. The van der Waals surface area contributed by atoms with Gasteiger partial charge in [-0.25, -0.2) is 4.98 Å². The van der Waals surface area contributed by atoms with Crippen LogP contribution in [0, 0.1) is 6.92 Å². The zero-order valence-corrected chi connectivity index (χ0v) is 28.7. The van der Waals surface area contributed by atoms with E-state index in [9.17, 15) is 0 Å². The summed E-state index contributed by atoms with van der Waals surface area (Å²) in [5, 5.41) is 7.37. The molecule has 2 aromatic heterocycles. The molecule has 0 amide bonds. The lowest BCUT2D eigenvalue weighted by Crippen LogP contribution is -2.25. The second kappa shape index (κ2) is 12.3. The van der Waals surface area contributed by atoms with Crippen molar-refractivity contribution >= 4 is 73.2 Å². The van der Waals surface area contributed by atoms with Crippen molar-refractivity contribution in [3.63, 3.8) is 0 Å². The highest BCUT2D eigenvalue weighted by Gasteiger charge is 2.22. The second-order valence-corrected chi connectivity index (χ2v) is 13.5. The third-order valence-corrected chi connectivity index (χ3v) is 10.4. The molecule has 0 fully saturated rings. The number of anilines is 2. The van der Waals surface area contributed by atoms with Crippen LogP contribution in [0.5, 0.6) is 0 Å². The van der Waals surface area contributed by atoms with E-state index < -0.39 is 0 Å². The van der Waals surface area contributed by atoms with Crippen LogP contribution in [-0.4, -0.2) is 16.8 Å². The molecule has 0 atom stereocenters. The zero-order valence-electron chi connectivity index (χ0n) is 28.7. The Morgan fingerprint density at radius 3 is 1.98 bits per heavy atom. The normalized spacial score (nSPS) is 14.5. The van der Waals surface area contributed by atoms with Gasteiger partial charge >= 0.3 is 0 Å². The molecule has 1 radical (unpaired) electrons. The van der Waals surface area contributed by atoms with Crippen LogP contribution in [0.2, 0.25) is 0 Å². The first-order valence-electron chi connectivity index (χ1n) is 17.8. The first kappa shape index (κ1) is 30.2. The van der Waals surface area contributed by atoms with Crippen LogP contribution >= 0.6 is 0 Å². The summed E-state index contributed by atoms with van der Waals surface area (Å²) < 4.78 is 2.44. The van der Waals surface area contributed by atoms with Crippen LogP contribution in [0.1, 0.15) is 5.56 Å². The Kier molecular flexibility index (Phi) is 7.14. The van der Waals surface area contributed by atoms with Crippen molar-refractivity contribution in [3.05, 3.63) is 188 Å². The standard InChI is InChI=1S/C48H33BN3/c1-32-45(30-43(34-15-4-2-5-16-34)50-47(32)35-17-6-3-7-18-35)51-27-26-38(31-49-42-28-36-19-8-9-20-37(36)29-46(42)51)52-44-23-13-12-22-40(44)41-25-24-33-14-10-11-21-39(33)48(41)52/h2-31H,1H3/b27-26-,38-31+. The van der Waals surface area contributed by atoms with Crippen LogP contribution in [0.25, 0.3) is 71.6 Å². The van der Waals surface area contributed by atoms with Crippen LogP contribution in [-0.2, 0) is 0 Å². The van der Waals surface area contributed by atoms with Gasteiger partial charge < -0.3 is 9.47 Å². The van der Waals surface area contributed by atoms with Gasteiger partial charge in [0.2, 0.25) is 0 Å². The fourth-order valence-corrected chi connectivity index (χ4v) is 7.89. The average Bonchev–Trinajstić information content (AvgIpc) is 3.54. The minimum Gasteiger partial charge on any atom is -0.317 e. The van der Waals surface area contributed by atoms with Gasteiger partial charge in [0.15, 0.2) is 7.28 Å². The number of rotatable bonds is 4. The van der Waals surface area contributed by atoms with Gasteiger partial charge in [0, 0.05) is 44.9 Å². The number of aromatic nitrogens is 2. The summed E-state index contributed by atoms with van der Waals surface area (Å²) >= 11 is 0. The first-order chi connectivity index (χ1) is 25.7. The van der Waals surface area contributed by atoms with Crippen molar-refractivity contribution in [1.82, 2.24) is 9.55 Å². The number of nitrogens with zero attached hydrogens (tertiary/aromatic N) is 3. The maximum atomic E-state index is 5.29. The van der Waals surface area contributed by atoms with E-state index in [-0.39, 0.29) is 0 Å². The van der Waals surface area contributed by atoms with Crippen LogP contribution in [0.3, 0.4) is 0 Å². The van der Waals surface area contributed by atoms with E-state index in [1.807, 2.05) is 0 Å². The Morgan fingerprint density at radius 2 is 1.19 bits per heavy atom. The zero-order chi connectivity index (χ0) is 34.6. The molecule has 52 heavy (non-hydrogen) atoms. The molecular formula is C48H33BN3. The van der Waals surface area contributed by atoms with E-state index in [0.717, 1.165) is 50.6 Å². The molecule has 0 bridgehead atoms. The maximum Gasteiger partial charge on any atom is 0.186 e. The minimum atomic E-state index is 0.937. The van der Waals surface area contributed by atoms with E-state index in [1.54, 1.807) is 0 Å². The van der Waals surface area contributed by atoms with E-state index in [0.29, 0.717) is 0 Å². The Bertz CT molecular complexity index is 2890. The van der Waals surface area contributed by atoms with Gasteiger partial charge in [-0.2, -0.15) is 0 Å². The molecule has 1 aliphatic rings. The van der Waals surface area contributed by atoms with Crippen LogP contribution in [0.15, 0.2) is 182 Å². The lowest BCUT2D eigenvalue weighted by molar-refractivity contribution is 1.19. The molecular weight excluding hydrogens is 629 g/mol. The molecule has 9 aromatic rings. The fourth-order valence-electron chi connectivity index (χ4n) is 7.89. The van der Waals surface area contributed by atoms with Gasteiger partial charge in [-0.1, -0.05) is 157 Å². The number of hydrogen-bond donors (Lipinski definition) is 0. The summed E-state index contributed by atoms with van der Waals surface area (Å²) in [6.45, 7) is 2.20. The molecule has 10 rings (SSSR count). The largest absolute Gasteiger partial charge is 0.317 e. The molecule has 0 aliphatic carbocycles. The predicted octanol–water partition coefficient (Wildman–Crippen LogP) is 11.6. The number of para-hydroxylation sites is 1. The molecule has 4 heteroatoms. The monoisotopic (exact) mass is 662 g/mol. The first-order valence-corrected chi connectivity index (χ1v) is 17.8. The lowest BCUT2D eigenvalue weighted by atomic mass is 9.67. The molecule has 0 saturated carbocycles. The van der Waals surface area contributed by atoms with Crippen molar-refractivity contribution in [1.29, 1.82) is 0 Å². The van der Waals surface area contributed by atoms with Gasteiger partial charge in [-0.3, -0.25) is 0 Å². The Morgan fingerprint density at radius 1 is 0.538 bits per heavy atom. The van der Waals surface area contributed by atoms with E-state index in [1.165, 1.54) is 43.4 Å². The van der Waals surface area contributed by atoms with E-state index in [2.05, 4.69) is 206 Å². The Labute approximate surface area is 303 Å². The van der Waals surface area contributed by atoms with Gasteiger partial charge in [-0.15, -0.1) is 0 Å². The molecule has 243 valence electrons. The van der Waals surface area contributed by atoms with Crippen molar-refractivity contribution < 1.29 is 0 Å². The van der Waals surface area contributed by atoms with E-state index >= 15 is 0 Å². The fraction of sp³-hybridized carbons (Fsp3) is 0.0208. The van der Waals surface area contributed by atoms with Crippen molar-refractivity contribution in [3.8, 4) is 22.5 Å². The highest BCUT2D eigenvalue weighted by atomic mass is 15.1. The molecule has 1 aliphatic heterocycles. The molecule has 0 unspecified atom stereocenters. The maximum absolute atomic E-state index is 5.29. The summed E-state index contributed by atoms with van der Waals surface area (Å²) in [6.07, 6.45) is 4.52. The van der Waals surface area contributed by atoms with Gasteiger partial charge in [-0.05, 0) is 52.9 Å². The average molecular weight is 663 g/mol. The SMILES string of the molecule is Cc1c(N2/C=C\C(n3c4ccccc4c4ccc5ccccc5c43)=C/[B]c3cc4ccccc4cc32)cc(-c2ccccc2)nc1-c1ccccc1. The molecule has 3 nitrogen and oxygen atoms in total. The third kappa shape index (κ3) is 4.95. The summed E-state index contributed by atoms with van der Waals surface area (Å²) in [5.41, 5.74) is 12.0.